The van der Waals surface area contributed by atoms with Gasteiger partial charge in [0.1, 0.15) is 23.2 Å². The van der Waals surface area contributed by atoms with Crippen molar-refractivity contribution in [3.8, 4) is 0 Å². The Labute approximate surface area is 169 Å². The molecule has 1 aliphatic heterocycles. The Kier molecular flexibility index (Phi) is 5.22. The summed E-state index contributed by atoms with van der Waals surface area (Å²) in [5, 5.41) is 3.81. The first-order chi connectivity index (χ1) is 13.9. The summed E-state index contributed by atoms with van der Waals surface area (Å²) in [6.07, 6.45) is 1.69. The zero-order valence-electron chi connectivity index (χ0n) is 17.0. The van der Waals surface area contributed by atoms with E-state index in [4.69, 9.17) is 4.42 Å². The summed E-state index contributed by atoms with van der Waals surface area (Å²) >= 11 is 0. The summed E-state index contributed by atoms with van der Waals surface area (Å²) in [6, 6.07) is 6.50. The molecule has 29 heavy (non-hydrogen) atoms. The molecule has 3 aromatic rings. The monoisotopic (exact) mass is 396 g/mol. The molecule has 7 heteroatoms. The molecule has 0 aliphatic carbocycles. The minimum absolute atomic E-state index is 0.0555. The van der Waals surface area contributed by atoms with Crippen molar-refractivity contribution in [1.29, 1.82) is 0 Å². The number of aromatic nitrogens is 2. The van der Waals surface area contributed by atoms with Crippen molar-refractivity contribution in [3.05, 3.63) is 52.8 Å². The van der Waals surface area contributed by atoms with Gasteiger partial charge >= 0.3 is 0 Å². The largest absolute Gasteiger partial charge is 0.443 e. The molecule has 1 aromatic carbocycles. The quantitative estimate of drug-likeness (QED) is 0.726. The van der Waals surface area contributed by atoms with Crippen molar-refractivity contribution in [2.45, 2.75) is 40.2 Å². The molecule has 0 radical (unpaired) electrons. The maximum Gasteiger partial charge on any atom is 0.231 e. The number of carbonyl (C=O) groups is 1. The highest BCUT2D eigenvalue weighted by Crippen LogP contribution is 2.33. The summed E-state index contributed by atoms with van der Waals surface area (Å²) in [6.45, 7) is 7.36. The van der Waals surface area contributed by atoms with Crippen LogP contribution in [0.3, 0.4) is 0 Å². The van der Waals surface area contributed by atoms with Gasteiger partial charge in [0.2, 0.25) is 11.6 Å². The number of piperidine rings is 1. The van der Waals surface area contributed by atoms with Crippen LogP contribution in [0.5, 0.6) is 0 Å². The molecule has 1 unspecified atom stereocenters. The second kappa shape index (κ2) is 7.81. The second-order valence-corrected chi connectivity index (χ2v) is 7.65. The highest BCUT2D eigenvalue weighted by molar-refractivity contribution is 5.90. The van der Waals surface area contributed by atoms with Gasteiger partial charge in [0, 0.05) is 30.8 Å². The van der Waals surface area contributed by atoms with E-state index in [1.165, 1.54) is 6.07 Å². The Morgan fingerprint density at radius 1 is 1.28 bits per heavy atom. The van der Waals surface area contributed by atoms with Gasteiger partial charge in [-0.1, -0.05) is 18.2 Å². The molecule has 1 saturated heterocycles. The number of hydrogen-bond acceptors (Lipinski definition) is 5. The first kappa shape index (κ1) is 19.4. The van der Waals surface area contributed by atoms with Crippen LogP contribution in [-0.4, -0.2) is 29.0 Å². The maximum absolute atomic E-state index is 13.8. The number of amides is 1. The lowest BCUT2D eigenvalue weighted by Gasteiger charge is -2.33. The molecule has 0 spiro atoms. The SMILES string of the molecule is Cc1nc(N2CCCC(C(=O)NCc3ccccc3F)C2)c2c(C)c(C)oc2n1. The molecule has 2 aromatic heterocycles. The van der Waals surface area contributed by atoms with Gasteiger partial charge in [-0.2, -0.15) is 4.98 Å². The molecule has 4 rings (SSSR count). The molecule has 0 saturated carbocycles. The summed E-state index contributed by atoms with van der Waals surface area (Å²) in [5.74, 6) is 1.77. The topological polar surface area (TPSA) is 71.3 Å². The third-order valence-corrected chi connectivity index (χ3v) is 5.62. The van der Waals surface area contributed by atoms with Gasteiger partial charge in [-0.15, -0.1) is 0 Å². The van der Waals surface area contributed by atoms with Gasteiger partial charge in [-0.05, 0) is 39.7 Å². The first-order valence-electron chi connectivity index (χ1n) is 9.94. The van der Waals surface area contributed by atoms with E-state index in [0.717, 1.165) is 41.9 Å². The summed E-state index contributed by atoms with van der Waals surface area (Å²) in [5.41, 5.74) is 2.11. The number of halogens is 1. The number of aryl methyl sites for hydroxylation is 3. The molecule has 1 atom stereocenters. The number of rotatable bonds is 4. The fourth-order valence-electron chi connectivity index (χ4n) is 3.91. The van der Waals surface area contributed by atoms with Gasteiger partial charge in [0.05, 0.1) is 11.3 Å². The lowest BCUT2D eigenvalue weighted by Crippen LogP contribution is -2.43. The van der Waals surface area contributed by atoms with Crippen molar-refractivity contribution in [2.75, 3.05) is 18.0 Å². The smallest absolute Gasteiger partial charge is 0.231 e. The van der Waals surface area contributed by atoms with E-state index >= 15 is 0 Å². The lowest BCUT2D eigenvalue weighted by atomic mass is 9.96. The van der Waals surface area contributed by atoms with Crippen LogP contribution in [0.4, 0.5) is 10.2 Å². The second-order valence-electron chi connectivity index (χ2n) is 7.65. The maximum atomic E-state index is 13.8. The van der Waals surface area contributed by atoms with E-state index in [1.54, 1.807) is 18.2 Å². The fraction of sp³-hybridized carbons (Fsp3) is 0.409. The highest BCUT2D eigenvalue weighted by atomic mass is 19.1. The Morgan fingerprint density at radius 3 is 2.86 bits per heavy atom. The number of anilines is 1. The molecule has 1 aliphatic rings. The van der Waals surface area contributed by atoms with Gasteiger partial charge in [0.25, 0.3) is 0 Å². The van der Waals surface area contributed by atoms with Crippen molar-refractivity contribution in [1.82, 2.24) is 15.3 Å². The molecule has 1 amide bonds. The molecule has 1 N–H and O–H groups in total. The number of carbonyl (C=O) groups excluding carboxylic acids is 1. The number of nitrogens with zero attached hydrogens (tertiary/aromatic N) is 3. The fourth-order valence-corrected chi connectivity index (χ4v) is 3.91. The Bertz CT molecular complexity index is 1060. The van der Waals surface area contributed by atoms with Crippen molar-refractivity contribution in [2.24, 2.45) is 5.92 Å². The van der Waals surface area contributed by atoms with E-state index in [0.29, 0.717) is 23.6 Å². The molecule has 152 valence electrons. The highest BCUT2D eigenvalue weighted by Gasteiger charge is 2.29. The number of hydrogen-bond donors (Lipinski definition) is 1. The van der Waals surface area contributed by atoms with Crippen LogP contribution < -0.4 is 10.2 Å². The average molecular weight is 396 g/mol. The number of furan rings is 1. The minimum atomic E-state index is -0.303. The van der Waals surface area contributed by atoms with Crippen LogP contribution in [0.25, 0.3) is 11.1 Å². The Balaban J connectivity index is 1.52. The third kappa shape index (κ3) is 3.81. The van der Waals surface area contributed by atoms with Crippen molar-refractivity contribution >= 4 is 22.8 Å². The number of benzene rings is 1. The first-order valence-corrected chi connectivity index (χ1v) is 9.94. The molecule has 0 bridgehead atoms. The zero-order valence-corrected chi connectivity index (χ0v) is 17.0. The van der Waals surface area contributed by atoms with E-state index in [-0.39, 0.29) is 24.2 Å². The van der Waals surface area contributed by atoms with E-state index in [9.17, 15) is 9.18 Å². The van der Waals surface area contributed by atoms with Crippen molar-refractivity contribution < 1.29 is 13.6 Å². The van der Waals surface area contributed by atoms with Crippen LogP contribution in [0.2, 0.25) is 0 Å². The third-order valence-electron chi connectivity index (χ3n) is 5.62. The number of nitrogens with one attached hydrogen (secondary N) is 1. The van der Waals surface area contributed by atoms with Crippen LogP contribution in [0, 0.1) is 32.5 Å². The van der Waals surface area contributed by atoms with E-state index < -0.39 is 0 Å². The normalized spacial score (nSPS) is 17.0. The van der Waals surface area contributed by atoms with Crippen LogP contribution in [0.15, 0.2) is 28.7 Å². The molecular weight excluding hydrogens is 371 g/mol. The average Bonchev–Trinajstić information content (AvgIpc) is 3.00. The molecule has 6 nitrogen and oxygen atoms in total. The summed E-state index contributed by atoms with van der Waals surface area (Å²) in [4.78, 5) is 24.0. The summed E-state index contributed by atoms with van der Waals surface area (Å²) in [7, 11) is 0. The zero-order chi connectivity index (χ0) is 20.5. The minimum Gasteiger partial charge on any atom is -0.443 e. The number of fused-ring (bicyclic) bond motifs is 1. The predicted molar refractivity (Wildman–Crippen MR) is 109 cm³/mol. The Morgan fingerprint density at radius 2 is 2.07 bits per heavy atom. The van der Waals surface area contributed by atoms with E-state index in [1.807, 2.05) is 20.8 Å². The van der Waals surface area contributed by atoms with Crippen LogP contribution in [-0.2, 0) is 11.3 Å². The van der Waals surface area contributed by atoms with Gasteiger partial charge < -0.3 is 14.6 Å². The predicted octanol–water partition coefficient (Wildman–Crippen LogP) is 3.82. The van der Waals surface area contributed by atoms with E-state index in [2.05, 4.69) is 20.2 Å². The lowest BCUT2D eigenvalue weighted by molar-refractivity contribution is -0.125. The molecule has 1 fully saturated rings. The molecule has 3 heterocycles. The standard InChI is InChI=1S/C22H25FN4O2/c1-13-14(2)29-22-19(13)20(25-15(3)26-22)27-10-6-8-17(12-27)21(28)24-11-16-7-4-5-9-18(16)23/h4-5,7,9,17H,6,8,10-12H2,1-3H3,(H,24,28). The van der Waals surface area contributed by atoms with Gasteiger partial charge in [-0.25, -0.2) is 9.37 Å². The van der Waals surface area contributed by atoms with Crippen molar-refractivity contribution in [3.63, 3.8) is 0 Å². The molecular formula is C22H25FN4O2. The van der Waals surface area contributed by atoms with Crippen LogP contribution >= 0.6 is 0 Å². The van der Waals surface area contributed by atoms with Crippen LogP contribution in [0.1, 0.15) is 35.6 Å². The van der Waals surface area contributed by atoms with Gasteiger partial charge in [-0.3, -0.25) is 4.79 Å². The summed E-state index contributed by atoms with van der Waals surface area (Å²) < 4.78 is 19.6. The van der Waals surface area contributed by atoms with Gasteiger partial charge in [0.15, 0.2) is 0 Å². The Hall–Kier alpha value is -2.96.